The number of rotatable bonds is 5. The third kappa shape index (κ3) is 4.58. The van der Waals surface area contributed by atoms with Gasteiger partial charge in [0.05, 0.1) is 16.1 Å². The second-order valence-corrected chi connectivity index (χ2v) is 6.74. The zero-order chi connectivity index (χ0) is 17.7. The van der Waals surface area contributed by atoms with Crippen LogP contribution in [0.4, 0.5) is 0 Å². The van der Waals surface area contributed by atoms with E-state index < -0.39 is 12.0 Å². The number of phenols is 1. The first-order valence-corrected chi connectivity index (χ1v) is 8.61. The molecule has 0 aromatic heterocycles. The monoisotopic (exact) mass is 455 g/mol. The van der Waals surface area contributed by atoms with Crippen molar-refractivity contribution < 1.29 is 19.4 Å². The molecular formula is C17H15Br2NO4. The van der Waals surface area contributed by atoms with Gasteiger partial charge in [0.25, 0.3) is 5.91 Å². The summed E-state index contributed by atoms with van der Waals surface area (Å²) in [4.78, 5) is 24.3. The van der Waals surface area contributed by atoms with Crippen LogP contribution in [0.1, 0.15) is 15.9 Å². The molecule has 2 aromatic rings. The molecule has 2 aromatic carbocycles. The molecule has 0 radical (unpaired) electrons. The van der Waals surface area contributed by atoms with Gasteiger partial charge < -0.3 is 15.2 Å². The summed E-state index contributed by atoms with van der Waals surface area (Å²) >= 11 is 6.49. The molecule has 0 aliphatic rings. The first kappa shape index (κ1) is 18.5. The predicted octanol–water partition coefficient (Wildman–Crippen LogP) is 3.43. The van der Waals surface area contributed by atoms with E-state index in [1.54, 1.807) is 42.5 Å². The SMILES string of the molecule is COC(=O)C(Cc1cc(Br)c(O)c(Br)c1)NC(=O)c1ccccc1. The van der Waals surface area contributed by atoms with E-state index in [0.29, 0.717) is 14.5 Å². The summed E-state index contributed by atoms with van der Waals surface area (Å²) in [6, 6.07) is 11.2. The highest BCUT2D eigenvalue weighted by Gasteiger charge is 2.23. The van der Waals surface area contributed by atoms with Gasteiger partial charge in [-0.1, -0.05) is 18.2 Å². The van der Waals surface area contributed by atoms with Gasteiger partial charge >= 0.3 is 5.97 Å². The van der Waals surface area contributed by atoms with Gasteiger partial charge in [-0.3, -0.25) is 4.79 Å². The van der Waals surface area contributed by atoms with E-state index in [2.05, 4.69) is 37.2 Å². The molecular weight excluding hydrogens is 442 g/mol. The summed E-state index contributed by atoms with van der Waals surface area (Å²) in [7, 11) is 1.27. The number of carbonyl (C=O) groups excluding carboxylic acids is 2. The number of benzene rings is 2. The molecule has 0 bridgehead atoms. The topological polar surface area (TPSA) is 75.6 Å². The molecule has 5 nitrogen and oxygen atoms in total. The highest BCUT2D eigenvalue weighted by molar-refractivity contribution is 9.11. The molecule has 1 atom stereocenters. The molecule has 1 unspecified atom stereocenters. The van der Waals surface area contributed by atoms with Gasteiger partial charge in [-0.2, -0.15) is 0 Å². The normalized spacial score (nSPS) is 11.6. The molecule has 0 spiro atoms. The van der Waals surface area contributed by atoms with Gasteiger partial charge in [0.15, 0.2) is 0 Å². The number of ether oxygens (including phenoxy) is 1. The van der Waals surface area contributed by atoms with E-state index in [9.17, 15) is 14.7 Å². The Morgan fingerprint density at radius 1 is 1.17 bits per heavy atom. The van der Waals surface area contributed by atoms with Gasteiger partial charge in [-0.15, -0.1) is 0 Å². The van der Waals surface area contributed by atoms with Crippen LogP contribution in [0.3, 0.4) is 0 Å². The Hall–Kier alpha value is -1.86. The number of hydrogen-bond acceptors (Lipinski definition) is 4. The van der Waals surface area contributed by atoms with Crippen molar-refractivity contribution >= 4 is 43.7 Å². The van der Waals surface area contributed by atoms with Crippen molar-refractivity contribution in [1.82, 2.24) is 5.32 Å². The molecule has 0 saturated carbocycles. The number of carbonyl (C=O) groups is 2. The fraction of sp³-hybridized carbons (Fsp3) is 0.176. The summed E-state index contributed by atoms with van der Waals surface area (Å²) in [5.41, 5.74) is 1.20. The molecule has 24 heavy (non-hydrogen) atoms. The van der Waals surface area contributed by atoms with Crippen LogP contribution in [0.25, 0.3) is 0 Å². The lowest BCUT2D eigenvalue weighted by Gasteiger charge is -2.17. The molecule has 7 heteroatoms. The predicted molar refractivity (Wildman–Crippen MR) is 96.9 cm³/mol. The molecule has 0 fully saturated rings. The highest BCUT2D eigenvalue weighted by atomic mass is 79.9. The van der Waals surface area contributed by atoms with Gasteiger partial charge in [0, 0.05) is 12.0 Å². The fourth-order valence-corrected chi connectivity index (χ4v) is 3.42. The van der Waals surface area contributed by atoms with Crippen molar-refractivity contribution in [3.63, 3.8) is 0 Å². The van der Waals surface area contributed by atoms with Gasteiger partial charge in [0.2, 0.25) is 0 Å². The Labute approximate surface area is 156 Å². The van der Waals surface area contributed by atoms with Crippen molar-refractivity contribution in [2.75, 3.05) is 7.11 Å². The van der Waals surface area contributed by atoms with Crippen molar-refractivity contribution in [2.45, 2.75) is 12.5 Å². The molecule has 1 amide bonds. The van der Waals surface area contributed by atoms with Crippen LogP contribution in [0, 0.1) is 0 Å². The lowest BCUT2D eigenvalue weighted by Crippen LogP contribution is -2.43. The maximum absolute atomic E-state index is 12.3. The van der Waals surface area contributed by atoms with Crippen LogP contribution >= 0.6 is 31.9 Å². The van der Waals surface area contributed by atoms with E-state index in [4.69, 9.17) is 4.74 Å². The molecule has 126 valence electrons. The van der Waals surface area contributed by atoms with Crippen molar-refractivity contribution in [3.05, 3.63) is 62.5 Å². The van der Waals surface area contributed by atoms with Crippen LogP contribution in [-0.2, 0) is 16.0 Å². The number of esters is 1. The van der Waals surface area contributed by atoms with E-state index in [0.717, 1.165) is 5.56 Å². The maximum Gasteiger partial charge on any atom is 0.328 e. The van der Waals surface area contributed by atoms with Gasteiger partial charge in [0.1, 0.15) is 11.8 Å². The number of nitrogens with one attached hydrogen (secondary N) is 1. The highest BCUT2D eigenvalue weighted by Crippen LogP contribution is 2.33. The van der Waals surface area contributed by atoms with Crippen molar-refractivity contribution in [3.8, 4) is 5.75 Å². The summed E-state index contributed by atoms with van der Waals surface area (Å²) < 4.78 is 5.76. The third-order valence-corrected chi connectivity index (χ3v) is 4.55. The molecule has 2 N–H and O–H groups in total. The Morgan fingerprint density at radius 3 is 2.29 bits per heavy atom. The number of amides is 1. The summed E-state index contributed by atoms with van der Waals surface area (Å²) in [5.74, 6) is -0.829. The van der Waals surface area contributed by atoms with Gasteiger partial charge in [-0.25, -0.2) is 4.79 Å². The zero-order valence-electron chi connectivity index (χ0n) is 12.8. The van der Waals surface area contributed by atoms with Crippen LogP contribution in [0.15, 0.2) is 51.4 Å². The zero-order valence-corrected chi connectivity index (χ0v) is 15.9. The second-order valence-electron chi connectivity index (χ2n) is 5.03. The molecule has 0 saturated heterocycles. The van der Waals surface area contributed by atoms with Crippen LogP contribution in [-0.4, -0.2) is 30.1 Å². The van der Waals surface area contributed by atoms with Crippen molar-refractivity contribution in [1.29, 1.82) is 0 Å². The number of methoxy groups -OCH3 is 1. The minimum Gasteiger partial charge on any atom is -0.506 e. The number of phenolic OH excluding ortho intramolecular Hbond substituents is 1. The van der Waals surface area contributed by atoms with E-state index in [1.165, 1.54) is 7.11 Å². The van der Waals surface area contributed by atoms with E-state index in [-0.39, 0.29) is 18.1 Å². The lowest BCUT2D eigenvalue weighted by atomic mass is 10.1. The first-order valence-electron chi connectivity index (χ1n) is 7.03. The molecule has 0 aliphatic heterocycles. The fourth-order valence-electron chi connectivity index (χ4n) is 2.14. The Morgan fingerprint density at radius 2 is 1.75 bits per heavy atom. The average molecular weight is 457 g/mol. The maximum atomic E-state index is 12.3. The standard InChI is InChI=1S/C17H15Br2NO4/c1-24-17(23)14(20-16(22)11-5-3-2-4-6-11)9-10-7-12(18)15(21)13(19)8-10/h2-8,14,21H,9H2,1H3,(H,20,22). The Kier molecular flexibility index (Phi) is 6.39. The van der Waals surface area contributed by atoms with Crippen LogP contribution in [0.5, 0.6) is 5.75 Å². The third-order valence-electron chi connectivity index (χ3n) is 3.34. The van der Waals surface area contributed by atoms with Crippen LogP contribution < -0.4 is 5.32 Å². The lowest BCUT2D eigenvalue weighted by molar-refractivity contribution is -0.142. The minimum absolute atomic E-state index is 0.0710. The first-order chi connectivity index (χ1) is 11.4. The van der Waals surface area contributed by atoms with Crippen molar-refractivity contribution in [2.24, 2.45) is 0 Å². The van der Waals surface area contributed by atoms with Crippen LogP contribution in [0.2, 0.25) is 0 Å². The summed E-state index contributed by atoms with van der Waals surface area (Å²) in [6.45, 7) is 0. The smallest absolute Gasteiger partial charge is 0.328 e. The van der Waals surface area contributed by atoms with Gasteiger partial charge in [-0.05, 0) is 61.7 Å². The summed E-state index contributed by atoms with van der Waals surface area (Å²) in [5, 5.41) is 12.4. The second kappa shape index (κ2) is 8.30. The van der Waals surface area contributed by atoms with E-state index in [1.807, 2.05) is 0 Å². The number of aromatic hydroxyl groups is 1. The largest absolute Gasteiger partial charge is 0.506 e. The Bertz CT molecular complexity index is 727. The minimum atomic E-state index is -0.842. The molecule has 0 heterocycles. The Balaban J connectivity index is 2.20. The quantitative estimate of drug-likeness (QED) is 0.676. The molecule has 2 rings (SSSR count). The average Bonchev–Trinajstić information content (AvgIpc) is 2.59. The van der Waals surface area contributed by atoms with E-state index >= 15 is 0 Å². The number of halogens is 2. The number of hydrogen-bond donors (Lipinski definition) is 2. The molecule has 0 aliphatic carbocycles. The summed E-state index contributed by atoms with van der Waals surface area (Å²) in [6.07, 6.45) is 0.225.